The summed E-state index contributed by atoms with van der Waals surface area (Å²) >= 11 is 0. The van der Waals surface area contributed by atoms with Gasteiger partial charge in [0.25, 0.3) is 5.91 Å². The lowest BCUT2D eigenvalue weighted by atomic mass is 9.96. The van der Waals surface area contributed by atoms with Gasteiger partial charge in [-0.2, -0.15) is 0 Å². The summed E-state index contributed by atoms with van der Waals surface area (Å²) in [4.78, 5) is 24.5. The lowest BCUT2D eigenvalue weighted by molar-refractivity contribution is -0.232. The minimum Gasteiger partial charge on any atom is -0.361 e. The molecule has 0 radical (unpaired) electrons. The van der Waals surface area contributed by atoms with E-state index in [1.165, 1.54) is 10.6 Å². The Morgan fingerprint density at radius 3 is 2.85 bits per heavy atom. The van der Waals surface area contributed by atoms with Crippen LogP contribution in [0.5, 0.6) is 0 Å². The number of H-pyrrole nitrogens is 1. The summed E-state index contributed by atoms with van der Waals surface area (Å²) < 4.78 is 0. The fraction of sp³-hybridized carbons (Fsp3) is 0.190. The van der Waals surface area contributed by atoms with Crippen LogP contribution >= 0.6 is 0 Å². The van der Waals surface area contributed by atoms with E-state index in [1.54, 1.807) is 0 Å². The molecule has 1 N–H and O–H groups in total. The number of nitrogens with zero attached hydrogens (tertiary/aromatic N) is 2. The van der Waals surface area contributed by atoms with Gasteiger partial charge in [-0.25, -0.2) is 5.06 Å². The highest BCUT2D eigenvalue weighted by atomic mass is 16.7. The molecule has 0 saturated carbocycles. The highest BCUT2D eigenvalue weighted by Gasteiger charge is 2.39. The van der Waals surface area contributed by atoms with Crippen molar-refractivity contribution in [2.24, 2.45) is 0 Å². The largest absolute Gasteiger partial charge is 0.361 e. The van der Waals surface area contributed by atoms with Crippen molar-refractivity contribution in [3.8, 4) is 0 Å². The molecule has 1 saturated heterocycles. The van der Waals surface area contributed by atoms with Crippen LogP contribution in [0.1, 0.15) is 22.0 Å². The molecule has 5 nitrogen and oxygen atoms in total. The van der Waals surface area contributed by atoms with Crippen molar-refractivity contribution in [2.75, 3.05) is 13.2 Å². The van der Waals surface area contributed by atoms with Gasteiger partial charge in [-0.3, -0.25) is 14.5 Å². The van der Waals surface area contributed by atoms with Gasteiger partial charge in [0, 0.05) is 29.2 Å². The van der Waals surface area contributed by atoms with Crippen LogP contribution in [-0.4, -0.2) is 40.2 Å². The first-order valence-corrected chi connectivity index (χ1v) is 8.81. The average Bonchev–Trinajstić information content (AvgIpc) is 3.15. The second-order valence-corrected chi connectivity index (χ2v) is 6.73. The van der Waals surface area contributed by atoms with E-state index in [-0.39, 0.29) is 18.1 Å². The maximum Gasteiger partial charge on any atom is 0.278 e. The third kappa shape index (κ3) is 2.53. The minimum atomic E-state index is -0.167. The fourth-order valence-corrected chi connectivity index (χ4v) is 3.83. The van der Waals surface area contributed by atoms with Crippen LogP contribution in [0.2, 0.25) is 0 Å². The van der Waals surface area contributed by atoms with Crippen LogP contribution in [0.15, 0.2) is 72.9 Å². The summed E-state index contributed by atoms with van der Waals surface area (Å²) in [5.41, 5.74) is 2.87. The third-order valence-electron chi connectivity index (χ3n) is 5.10. The molecule has 3 unspecified atom stereocenters. The summed E-state index contributed by atoms with van der Waals surface area (Å²) in [5.74, 6) is -0.107. The molecule has 5 heteroatoms. The van der Waals surface area contributed by atoms with Gasteiger partial charge in [0.15, 0.2) is 0 Å². The molecule has 0 aliphatic carbocycles. The van der Waals surface area contributed by atoms with E-state index in [1.807, 2.05) is 48.7 Å². The Morgan fingerprint density at radius 2 is 2.00 bits per heavy atom. The first-order chi connectivity index (χ1) is 12.8. The van der Waals surface area contributed by atoms with Gasteiger partial charge in [-0.1, -0.05) is 42.5 Å². The van der Waals surface area contributed by atoms with Crippen LogP contribution in [-0.2, 0) is 4.84 Å². The number of carbonyl (C=O) groups is 1. The van der Waals surface area contributed by atoms with Crippen LogP contribution < -0.4 is 0 Å². The molecule has 3 atom stereocenters. The molecular formula is C21H19N3O2. The Morgan fingerprint density at radius 1 is 1.12 bits per heavy atom. The molecule has 0 spiro atoms. The number of carbonyl (C=O) groups excluding carboxylic acids is 1. The molecule has 2 aliphatic heterocycles. The van der Waals surface area contributed by atoms with Gasteiger partial charge in [0.2, 0.25) is 0 Å². The second-order valence-electron chi connectivity index (χ2n) is 6.73. The Bertz CT molecular complexity index is 979. The molecular weight excluding hydrogens is 326 g/mol. The molecule has 2 aliphatic rings. The van der Waals surface area contributed by atoms with Crippen molar-refractivity contribution in [3.63, 3.8) is 0 Å². The van der Waals surface area contributed by atoms with Gasteiger partial charge in [-0.15, -0.1) is 0 Å². The van der Waals surface area contributed by atoms with E-state index in [4.69, 9.17) is 4.84 Å². The standard InChI is InChI=1S/C21H19N3O2/c25-21(17-8-9-18-16(13-17)10-11-22-18)24-14-23-12-4-7-19(26-24)20(23)15-5-2-1-3-6-15/h1-11,13,19-20,22H,12,14H2. The zero-order valence-electron chi connectivity index (χ0n) is 14.2. The highest BCUT2D eigenvalue weighted by molar-refractivity contribution is 5.97. The monoisotopic (exact) mass is 345 g/mol. The van der Waals surface area contributed by atoms with Gasteiger partial charge < -0.3 is 4.98 Å². The average molecular weight is 345 g/mol. The number of amides is 1. The van der Waals surface area contributed by atoms with Gasteiger partial charge in [-0.05, 0) is 29.8 Å². The quantitative estimate of drug-likeness (QED) is 0.723. The fourth-order valence-electron chi connectivity index (χ4n) is 3.83. The molecule has 5 rings (SSSR count). The van der Waals surface area contributed by atoms with Crippen LogP contribution in [0.4, 0.5) is 0 Å². The van der Waals surface area contributed by atoms with Gasteiger partial charge in [0.1, 0.15) is 12.8 Å². The van der Waals surface area contributed by atoms with E-state index in [9.17, 15) is 4.79 Å². The maximum atomic E-state index is 13.0. The van der Waals surface area contributed by atoms with Crippen molar-refractivity contribution < 1.29 is 9.63 Å². The first kappa shape index (κ1) is 15.4. The molecule has 3 aromatic rings. The molecule has 1 fully saturated rings. The van der Waals surface area contributed by atoms with Gasteiger partial charge >= 0.3 is 0 Å². The van der Waals surface area contributed by atoms with Crippen molar-refractivity contribution in [1.29, 1.82) is 0 Å². The Labute approximate surface area is 151 Å². The Kier molecular flexibility index (Phi) is 3.62. The summed E-state index contributed by atoms with van der Waals surface area (Å²) in [7, 11) is 0. The number of aromatic amines is 1. The predicted molar refractivity (Wildman–Crippen MR) is 99.2 cm³/mol. The number of fused-ring (bicyclic) bond motifs is 3. The van der Waals surface area contributed by atoms with Gasteiger partial charge in [0.05, 0.1) is 6.04 Å². The summed E-state index contributed by atoms with van der Waals surface area (Å²) in [5, 5.41) is 2.51. The normalized spacial score (nSPS) is 24.8. The topological polar surface area (TPSA) is 48.6 Å². The second kappa shape index (κ2) is 6.12. The molecule has 26 heavy (non-hydrogen) atoms. The van der Waals surface area contributed by atoms with E-state index in [2.05, 4.69) is 34.2 Å². The summed E-state index contributed by atoms with van der Waals surface area (Å²) in [6.07, 6.45) is 5.88. The van der Waals surface area contributed by atoms with Crippen molar-refractivity contribution >= 4 is 16.8 Å². The smallest absolute Gasteiger partial charge is 0.278 e. The van der Waals surface area contributed by atoms with Crippen LogP contribution in [0.25, 0.3) is 10.9 Å². The number of benzene rings is 2. The minimum absolute atomic E-state index is 0.107. The van der Waals surface area contributed by atoms with Crippen molar-refractivity contribution in [1.82, 2.24) is 14.9 Å². The first-order valence-electron chi connectivity index (χ1n) is 8.81. The number of aromatic nitrogens is 1. The predicted octanol–water partition coefficient (Wildman–Crippen LogP) is 3.49. The van der Waals surface area contributed by atoms with Crippen molar-refractivity contribution in [2.45, 2.75) is 12.1 Å². The van der Waals surface area contributed by atoms with Crippen LogP contribution in [0, 0.1) is 0 Å². The Balaban J connectivity index is 1.42. The molecule has 2 aromatic carbocycles. The summed E-state index contributed by atoms with van der Waals surface area (Å²) in [6.45, 7) is 1.25. The molecule has 2 bridgehead atoms. The number of hydrogen-bond acceptors (Lipinski definition) is 3. The maximum absolute atomic E-state index is 13.0. The highest BCUT2D eigenvalue weighted by Crippen LogP contribution is 2.34. The number of nitrogens with one attached hydrogen (secondary N) is 1. The molecule has 3 heterocycles. The SMILES string of the molecule is O=C(c1ccc2[nH]ccc2c1)N1CN2CC=CC(O1)C2c1ccccc1. The number of rotatable bonds is 2. The van der Waals surface area contributed by atoms with E-state index in [0.717, 1.165) is 17.4 Å². The number of hydrogen-bond donors (Lipinski definition) is 1. The number of hydroxylamine groups is 2. The van der Waals surface area contributed by atoms with Crippen LogP contribution in [0.3, 0.4) is 0 Å². The molecule has 1 amide bonds. The molecule has 1 aromatic heterocycles. The van der Waals surface area contributed by atoms with E-state index in [0.29, 0.717) is 12.2 Å². The van der Waals surface area contributed by atoms with E-state index >= 15 is 0 Å². The summed E-state index contributed by atoms with van der Waals surface area (Å²) in [6, 6.07) is 18.1. The zero-order chi connectivity index (χ0) is 17.5. The Hall–Kier alpha value is -2.89. The molecule has 130 valence electrons. The van der Waals surface area contributed by atoms with Crippen molar-refractivity contribution in [3.05, 3.63) is 84.1 Å². The van der Waals surface area contributed by atoms with E-state index < -0.39 is 0 Å². The third-order valence-corrected chi connectivity index (χ3v) is 5.10. The zero-order valence-corrected chi connectivity index (χ0v) is 14.2. The lowest BCUT2D eigenvalue weighted by Crippen LogP contribution is -2.55. The lowest BCUT2D eigenvalue weighted by Gasteiger charge is -2.46.